The summed E-state index contributed by atoms with van der Waals surface area (Å²) < 4.78 is 2.88. The minimum absolute atomic E-state index is 0.107. The number of carbonyl (C=O) groups excluding carboxylic acids is 1. The van der Waals surface area contributed by atoms with E-state index < -0.39 is 0 Å². The van der Waals surface area contributed by atoms with Crippen molar-refractivity contribution in [3.05, 3.63) is 15.9 Å². The number of aromatic nitrogens is 2. The van der Waals surface area contributed by atoms with Crippen molar-refractivity contribution in [2.45, 2.75) is 33.6 Å². The molecule has 1 unspecified atom stereocenters. The number of nitrogens with zero attached hydrogens (tertiary/aromatic N) is 2. The van der Waals surface area contributed by atoms with Gasteiger partial charge < -0.3 is 0 Å². The normalized spacial score (nSPS) is 12.9. The van der Waals surface area contributed by atoms with Gasteiger partial charge in [-0.1, -0.05) is 6.92 Å². The van der Waals surface area contributed by atoms with Crippen molar-refractivity contribution in [2.75, 3.05) is 0 Å². The van der Waals surface area contributed by atoms with Gasteiger partial charge in [-0.2, -0.15) is 5.10 Å². The molecule has 15 heavy (non-hydrogen) atoms. The van der Waals surface area contributed by atoms with Gasteiger partial charge >= 0.3 is 0 Å². The fourth-order valence-corrected chi connectivity index (χ4v) is 2.21. The highest BCUT2D eigenvalue weighted by Gasteiger charge is 2.18. The van der Waals surface area contributed by atoms with Gasteiger partial charge in [-0.15, -0.1) is 0 Å². The molecule has 0 radical (unpaired) electrons. The molecule has 1 aromatic rings. The Bertz CT molecular complexity index is 371. The smallest absolute Gasteiger partial charge is 0.133 e. The summed E-state index contributed by atoms with van der Waals surface area (Å²) in [5, 5.41) is 4.32. The molecular formula is C11H17BrN2O. The van der Waals surface area contributed by atoms with E-state index in [2.05, 4.69) is 21.0 Å². The third-order valence-electron chi connectivity index (χ3n) is 2.77. The molecule has 0 amide bonds. The van der Waals surface area contributed by atoms with Crippen molar-refractivity contribution in [1.82, 2.24) is 9.78 Å². The molecular weight excluding hydrogens is 256 g/mol. The first-order valence-corrected chi connectivity index (χ1v) is 5.95. The summed E-state index contributed by atoms with van der Waals surface area (Å²) in [5.41, 5.74) is 2.08. The summed E-state index contributed by atoms with van der Waals surface area (Å²) in [5.74, 6) is 0.361. The number of hydrogen-bond donors (Lipinski definition) is 0. The van der Waals surface area contributed by atoms with Crippen molar-refractivity contribution >= 4 is 21.7 Å². The summed E-state index contributed by atoms with van der Waals surface area (Å²) in [6.45, 7) is 5.66. The lowest BCUT2D eigenvalue weighted by Gasteiger charge is -2.11. The third kappa shape index (κ3) is 2.68. The van der Waals surface area contributed by atoms with Crippen LogP contribution in [0.15, 0.2) is 4.47 Å². The van der Waals surface area contributed by atoms with Crippen molar-refractivity contribution in [1.29, 1.82) is 0 Å². The van der Waals surface area contributed by atoms with Crippen LogP contribution in [-0.2, 0) is 18.3 Å². The Labute approximate surface area is 99.0 Å². The van der Waals surface area contributed by atoms with Crippen LogP contribution in [0.3, 0.4) is 0 Å². The quantitative estimate of drug-likeness (QED) is 0.845. The Morgan fingerprint density at radius 2 is 2.20 bits per heavy atom. The van der Waals surface area contributed by atoms with Gasteiger partial charge in [-0.25, -0.2) is 0 Å². The number of halogens is 1. The van der Waals surface area contributed by atoms with E-state index in [0.29, 0.717) is 0 Å². The van der Waals surface area contributed by atoms with E-state index >= 15 is 0 Å². The fraction of sp³-hybridized carbons (Fsp3) is 0.636. The van der Waals surface area contributed by atoms with Crippen LogP contribution in [0.4, 0.5) is 0 Å². The maximum atomic E-state index is 11.4. The zero-order valence-electron chi connectivity index (χ0n) is 9.67. The Morgan fingerprint density at radius 3 is 2.53 bits per heavy atom. The second-order valence-electron chi connectivity index (χ2n) is 3.89. The van der Waals surface area contributed by atoms with Gasteiger partial charge in [-0.3, -0.25) is 9.48 Å². The van der Waals surface area contributed by atoms with Gasteiger partial charge in [0.2, 0.25) is 0 Å². The van der Waals surface area contributed by atoms with E-state index in [1.165, 1.54) is 0 Å². The lowest BCUT2D eigenvalue weighted by molar-refractivity contribution is -0.120. The summed E-state index contributed by atoms with van der Waals surface area (Å²) in [7, 11) is 1.92. The number of aryl methyl sites for hydroxylation is 2. The maximum absolute atomic E-state index is 11.4. The number of ketones is 1. The lowest BCUT2D eigenvalue weighted by Crippen LogP contribution is -2.15. The van der Waals surface area contributed by atoms with E-state index in [1.807, 2.05) is 25.6 Å². The van der Waals surface area contributed by atoms with Gasteiger partial charge in [0.25, 0.3) is 0 Å². The van der Waals surface area contributed by atoms with Gasteiger partial charge in [0.1, 0.15) is 5.78 Å². The van der Waals surface area contributed by atoms with E-state index in [4.69, 9.17) is 0 Å². The van der Waals surface area contributed by atoms with Gasteiger partial charge in [-0.05, 0) is 36.2 Å². The molecule has 0 spiro atoms. The average molecular weight is 273 g/mol. The van der Waals surface area contributed by atoms with Crippen molar-refractivity contribution in [3.8, 4) is 0 Å². The molecule has 0 saturated heterocycles. The molecule has 1 heterocycles. The second-order valence-corrected chi connectivity index (χ2v) is 4.68. The molecule has 0 aliphatic rings. The minimum Gasteiger partial charge on any atom is -0.300 e. The monoisotopic (exact) mass is 272 g/mol. The summed E-state index contributed by atoms with van der Waals surface area (Å²) in [6.07, 6.45) is 1.65. The first-order valence-electron chi connectivity index (χ1n) is 5.15. The molecule has 0 N–H and O–H groups in total. The predicted octanol–water partition coefficient (Wildman–Crippen LogP) is 2.65. The molecule has 0 aliphatic heterocycles. The summed E-state index contributed by atoms with van der Waals surface area (Å²) in [4.78, 5) is 11.4. The van der Waals surface area contributed by atoms with E-state index in [9.17, 15) is 4.79 Å². The first-order chi connectivity index (χ1) is 6.97. The molecule has 3 nitrogen and oxygen atoms in total. The third-order valence-corrected chi connectivity index (χ3v) is 3.80. The Hall–Kier alpha value is -0.640. The largest absolute Gasteiger partial charge is 0.300 e. The predicted molar refractivity (Wildman–Crippen MR) is 63.8 cm³/mol. The molecule has 0 aliphatic carbocycles. The fourth-order valence-electron chi connectivity index (χ4n) is 1.71. The Balaban J connectivity index is 2.92. The van der Waals surface area contributed by atoms with E-state index in [-0.39, 0.29) is 11.7 Å². The SMILES string of the molecule is CCC(Cc1c(Br)c(C)nn1C)C(C)=O. The zero-order chi connectivity index (χ0) is 11.6. The number of rotatable bonds is 4. The highest BCUT2D eigenvalue weighted by atomic mass is 79.9. The first kappa shape index (κ1) is 12.4. The van der Waals surface area contributed by atoms with Crippen LogP contribution in [-0.4, -0.2) is 15.6 Å². The molecule has 0 aromatic carbocycles. The van der Waals surface area contributed by atoms with E-state index in [0.717, 1.165) is 28.7 Å². The molecule has 1 rings (SSSR count). The Morgan fingerprint density at radius 1 is 1.60 bits per heavy atom. The maximum Gasteiger partial charge on any atom is 0.133 e. The molecule has 1 aromatic heterocycles. The van der Waals surface area contributed by atoms with Crippen LogP contribution in [0.2, 0.25) is 0 Å². The van der Waals surface area contributed by atoms with Gasteiger partial charge in [0.05, 0.1) is 15.9 Å². The van der Waals surface area contributed by atoms with E-state index in [1.54, 1.807) is 6.92 Å². The van der Waals surface area contributed by atoms with Crippen LogP contribution in [0.25, 0.3) is 0 Å². The average Bonchev–Trinajstić information content (AvgIpc) is 2.39. The van der Waals surface area contributed by atoms with Crippen LogP contribution in [0.1, 0.15) is 31.7 Å². The summed E-state index contributed by atoms with van der Waals surface area (Å²) in [6, 6.07) is 0. The molecule has 0 saturated carbocycles. The minimum atomic E-state index is 0.107. The number of Topliss-reactive ketones (excluding diaryl/α,β-unsaturated/α-hetero) is 1. The van der Waals surface area contributed by atoms with Gasteiger partial charge in [0, 0.05) is 19.4 Å². The molecule has 4 heteroatoms. The standard InChI is InChI=1S/C11H17BrN2O/c1-5-9(8(3)15)6-10-11(12)7(2)13-14(10)4/h9H,5-6H2,1-4H3. The van der Waals surface area contributed by atoms with Gasteiger partial charge in [0.15, 0.2) is 0 Å². The topological polar surface area (TPSA) is 34.9 Å². The molecule has 1 atom stereocenters. The number of carbonyl (C=O) groups is 1. The van der Waals surface area contributed by atoms with Crippen molar-refractivity contribution in [3.63, 3.8) is 0 Å². The van der Waals surface area contributed by atoms with Crippen LogP contribution in [0, 0.1) is 12.8 Å². The molecule has 0 fully saturated rings. The van der Waals surface area contributed by atoms with Crippen LogP contribution >= 0.6 is 15.9 Å². The van der Waals surface area contributed by atoms with Crippen molar-refractivity contribution < 1.29 is 4.79 Å². The highest BCUT2D eigenvalue weighted by Crippen LogP contribution is 2.24. The Kier molecular flexibility index (Phi) is 4.08. The lowest BCUT2D eigenvalue weighted by atomic mass is 9.96. The van der Waals surface area contributed by atoms with Crippen LogP contribution < -0.4 is 0 Å². The molecule has 84 valence electrons. The van der Waals surface area contributed by atoms with Crippen LogP contribution in [0.5, 0.6) is 0 Å². The number of hydrogen-bond acceptors (Lipinski definition) is 2. The van der Waals surface area contributed by atoms with Crippen molar-refractivity contribution in [2.24, 2.45) is 13.0 Å². The highest BCUT2D eigenvalue weighted by molar-refractivity contribution is 9.10. The zero-order valence-corrected chi connectivity index (χ0v) is 11.3. The second kappa shape index (κ2) is 4.92. The summed E-state index contributed by atoms with van der Waals surface area (Å²) >= 11 is 3.51. The molecule has 0 bridgehead atoms.